The van der Waals surface area contributed by atoms with Gasteiger partial charge in [-0.05, 0) is 60.2 Å². The van der Waals surface area contributed by atoms with Crippen LogP contribution in [0.2, 0.25) is 15.1 Å². The molecule has 3 aromatic rings. The zero-order chi connectivity index (χ0) is 22.8. The van der Waals surface area contributed by atoms with Crippen LogP contribution in [0, 0.1) is 5.82 Å². The van der Waals surface area contributed by atoms with Crippen LogP contribution in [0.25, 0.3) is 6.08 Å². The van der Waals surface area contributed by atoms with E-state index in [4.69, 9.17) is 51.8 Å². The lowest BCUT2D eigenvalue weighted by Crippen LogP contribution is -2.27. The third-order valence-corrected chi connectivity index (χ3v) is 6.56. The zero-order valence-electron chi connectivity index (χ0n) is 16.2. The van der Waals surface area contributed by atoms with Crippen molar-refractivity contribution in [3.63, 3.8) is 0 Å². The number of hydrogen-bond acceptors (Lipinski definition) is 4. The zero-order valence-corrected chi connectivity index (χ0v) is 20.1. The molecule has 0 aliphatic carbocycles. The van der Waals surface area contributed by atoms with E-state index in [9.17, 15) is 9.18 Å². The van der Waals surface area contributed by atoms with Gasteiger partial charge in [-0.15, -0.1) is 0 Å². The largest absolute Gasteiger partial charge is 0.488 e. The monoisotopic (exact) mass is 523 g/mol. The van der Waals surface area contributed by atoms with Gasteiger partial charge in [0.1, 0.15) is 18.2 Å². The SMILES string of the molecule is O=C1C(=Cc2cc(Cl)ccc2OCc2cccc(Cl)c2)SC(=S)N1c1ccc(F)c(Cl)c1. The summed E-state index contributed by atoms with van der Waals surface area (Å²) >= 11 is 24.6. The number of thioether (sulfide) groups is 1. The van der Waals surface area contributed by atoms with Gasteiger partial charge in [-0.3, -0.25) is 9.69 Å². The van der Waals surface area contributed by atoms with Gasteiger partial charge in [0, 0.05) is 15.6 Å². The Morgan fingerprint density at radius 1 is 1.03 bits per heavy atom. The molecule has 0 radical (unpaired) electrons. The van der Waals surface area contributed by atoms with E-state index in [1.54, 1.807) is 30.3 Å². The third-order valence-electron chi connectivity index (χ3n) is 4.50. The van der Waals surface area contributed by atoms with Crippen LogP contribution in [-0.4, -0.2) is 10.2 Å². The average molecular weight is 525 g/mol. The quantitative estimate of drug-likeness (QED) is 0.252. The van der Waals surface area contributed by atoms with E-state index in [1.807, 2.05) is 18.2 Å². The van der Waals surface area contributed by atoms with Crippen LogP contribution in [-0.2, 0) is 11.4 Å². The predicted molar refractivity (Wildman–Crippen MR) is 134 cm³/mol. The van der Waals surface area contributed by atoms with Crippen LogP contribution >= 0.6 is 58.8 Å². The van der Waals surface area contributed by atoms with E-state index in [1.165, 1.54) is 23.1 Å². The standard InChI is InChI=1S/C23H13Cl3FNO2S2/c24-15-3-1-2-13(8-15)12-30-20-7-4-16(25)9-14(20)10-21-22(29)28(23(31)32-21)17-5-6-19(27)18(26)11-17/h1-11H,12H2. The Hall–Kier alpha value is -2.09. The fourth-order valence-electron chi connectivity index (χ4n) is 3.01. The molecule has 32 heavy (non-hydrogen) atoms. The normalized spacial score (nSPS) is 15.0. The summed E-state index contributed by atoms with van der Waals surface area (Å²) in [6, 6.07) is 16.5. The summed E-state index contributed by atoms with van der Waals surface area (Å²) in [5.41, 5.74) is 1.92. The van der Waals surface area contributed by atoms with E-state index < -0.39 is 5.82 Å². The highest BCUT2D eigenvalue weighted by molar-refractivity contribution is 8.27. The maximum Gasteiger partial charge on any atom is 0.270 e. The maximum atomic E-state index is 13.5. The molecular weight excluding hydrogens is 512 g/mol. The molecule has 4 rings (SSSR count). The van der Waals surface area contributed by atoms with Gasteiger partial charge < -0.3 is 4.74 Å². The molecule has 1 heterocycles. The average Bonchev–Trinajstić information content (AvgIpc) is 3.02. The first-order valence-electron chi connectivity index (χ1n) is 9.21. The molecule has 0 aromatic heterocycles. The molecule has 162 valence electrons. The number of nitrogens with zero attached hydrogens (tertiary/aromatic N) is 1. The van der Waals surface area contributed by atoms with Crippen LogP contribution in [0.1, 0.15) is 11.1 Å². The minimum atomic E-state index is -0.572. The predicted octanol–water partition coefficient (Wildman–Crippen LogP) is 7.77. The van der Waals surface area contributed by atoms with Gasteiger partial charge in [0.15, 0.2) is 4.32 Å². The van der Waals surface area contributed by atoms with Crippen LogP contribution in [0.15, 0.2) is 65.6 Å². The highest BCUT2D eigenvalue weighted by Gasteiger charge is 2.33. The van der Waals surface area contributed by atoms with Crippen molar-refractivity contribution in [3.05, 3.63) is 97.6 Å². The van der Waals surface area contributed by atoms with Crippen LogP contribution in [0.3, 0.4) is 0 Å². The topological polar surface area (TPSA) is 29.5 Å². The third kappa shape index (κ3) is 5.11. The molecule has 0 N–H and O–H groups in total. The lowest BCUT2D eigenvalue weighted by Gasteiger charge is -2.15. The molecule has 9 heteroatoms. The van der Waals surface area contributed by atoms with Gasteiger partial charge in [-0.1, -0.05) is 70.9 Å². The minimum absolute atomic E-state index is 0.0907. The van der Waals surface area contributed by atoms with Gasteiger partial charge in [0.05, 0.1) is 15.6 Å². The van der Waals surface area contributed by atoms with Crippen LogP contribution in [0.5, 0.6) is 5.75 Å². The summed E-state index contributed by atoms with van der Waals surface area (Å²) in [5, 5.41) is 1.02. The summed E-state index contributed by atoms with van der Waals surface area (Å²) in [4.78, 5) is 14.7. The Labute approximate surface area is 208 Å². The van der Waals surface area contributed by atoms with Crippen LogP contribution in [0.4, 0.5) is 10.1 Å². The van der Waals surface area contributed by atoms with E-state index in [2.05, 4.69) is 0 Å². The molecule has 1 saturated heterocycles. The van der Waals surface area contributed by atoms with Crippen molar-refractivity contribution in [2.24, 2.45) is 0 Å². The number of ether oxygens (including phenoxy) is 1. The van der Waals surface area contributed by atoms with Crippen LogP contribution < -0.4 is 9.64 Å². The lowest BCUT2D eigenvalue weighted by molar-refractivity contribution is -0.113. The molecule has 0 spiro atoms. The van der Waals surface area contributed by atoms with Gasteiger partial charge in [0.25, 0.3) is 5.91 Å². The molecule has 0 unspecified atom stereocenters. The maximum absolute atomic E-state index is 13.5. The van der Waals surface area contributed by atoms with Crippen molar-refractivity contribution < 1.29 is 13.9 Å². The Bertz CT molecular complexity index is 1270. The van der Waals surface area contributed by atoms with Gasteiger partial charge in [0.2, 0.25) is 0 Å². The number of thiocarbonyl (C=S) groups is 1. The van der Waals surface area contributed by atoms with Gasteiger partial charge >= 0.3 is 0 Å². The summed E-state index contributed by atoms with van der Waals surface area (Å²) in [6.07, 6.45) is 1.67. The minimum Gasteiger partial charge on any atom is -0.488 e. The van der Waals surface area contributed by atoms with Crippen molar-refractivity contribution in [2.45, 2.75) is 6.61 Å². The smallest absolute Gasteiger partial charge is 0.270 e. The molecule has 1 amide bonds. The van der Waals surface area contributed by atoms with Crippen molar-refractivity contribution in [1.29, 1.82) is 0 Å². The van der Waals surface area contributed by atoms with Crippen molar-refractivity contribution >= 4 is 80.8 Å². The first-order chi connectivity index (χ1) is 15.3. The number of rotatable bonds is 5. The van der Waals surface area contributed by atoms with Gasteiger partial charge in [-0.25, -0.2) is 4.39 Å². The summed E-state index contributed by atoms with van der Waals surface area (Å²) in [6.45, 7) is 0.290. The fourth-order valence-corrected chi connectivity index (χ4v) is 4.87. The highest BCUT2D eigenvalue weighted by atomic mass is 35.5. The van der Waals surface area contributed by atoms with Crippen molar-refractivity contribution in [2.75, 3.05) is 4.90 Å². The Balaban J connectivity index is 1.61. The number of amides is 1. The molecule has 0 bridgehead atoms. The lowest BCUT2D eigenvalue weighted by atomic mass is 10.1. The Morgan fingerprint density at radius 3 is 2.56 bits per heavy atom. The summed E-state index contributed by atoms with van der Waals surface area (Å²) in [5.74, 6) is -0.371. The number of hydrogen-bond donors (Lipinski definition) is 0. The van der Waals surface area contributed by atoms with Gasteiger partial charge in [-0.2, -0.15) is 0 Å². The summed E-state index contributed by atoms with van der Waals surface area (Å²) in [7, 11) is 0. The molecule has 1 aliphatic rings. The first-order valence-corrected chi connectivity index (χ1v) is 11.6. The fraction of sp³-hybridized carbons (Fsp3) is 0.0435. The van der Waals surface area contributed by atoms with Crippen molar-refractivity contribution in [1.82, 2.24) is 0 Å². The highest BCUT2D eigenvalue weighted by Crippen LogP contribution is 2.38. The molecule has 1 aliphatic heterocycles. The molecule has 1 fully saturated rings. The Kier molecular flexibility index (Phi) is 7.08. The number of halogens is 4. The molecule has 3 aromatic carbocycles. The molecule has 0 atom stereocenters. The van der Waals surface area contributed by atoms with E-state index in [0.29, 0.717) is 36.3 Å². The number of carbonyl (C=O) groups is 1. The molecule has 3 nitrogen and oxygen atoms in total. The number of carbonyl (C=O) groups excluding carboxylic acids is 1. The molecular formula is C23H13Cl3FNO2S2. The van der Waals surface area contributed by atoms with E-state index in [-0.39, 0.29) is 17.5 Å². The van der Waals surface area contributed by atoms with E-state index in [0.717, 1.165) is 17.3 Å². The second-order valence-corrected chi connectivity index (χ2v) is 9.67. The van der Waals surface area contributed by atoms with Crippen molar-refractivity contribution in [3.8, 4) is 5.75 Å². The first kappa shape index (κ1) is 23.1. The second kappa shape index (κ2) is 9.81. The second-order valence-electron chi connectivity index (χ2n) is 6.72. The number of benzene rings is 3. The van der Waals surface area contributed by atoms with E-state index >= 15 is 0 Å². The number of anilines is 1. The molecule has 0 saturated carbocycles. The Morgan fingerprint density at radius 2 is 1.81 bits per heavy atom. The summed E-state index contributed by atoms with van der Waals surface area (Å²) < 4.78 is 19.8.